The minimum Gasteiger partial charge on any atom is -0.324 e. The Morgan fingerprint density at radius 1 is 0.971 bits per heavy atom. The third-order valence-corrected chi connectivity index (χ3v) is 7.33. The number of aromatic nitrogens is 6. The molecule has 0 N–H and O–H groups in total. The molecule has 0 saturated heterocycles. The van der Waals surface area contributed by atoms with Gasteiger partial charge in [-0.15, -0.1) is 5.10 Å². The molecule has 3 aliphatic heterocycles. The Morgan fingerprint density at radius 3 is 2.60 bits per heavy atom. The predicted octanol–water partition coefficient (Wildman–Crippen LogP) is 5.30. The van der Waals surface area contributed by atoms with Gasteiger partial charge in [-0.2, -0.15) is 13.5 Å². The Hall–Kier alpha value is -3.53. The first kappa shape index (κ1) is 22.0. The summed E-state index contributed by atoms with van der Waals surface area (Å²) in [6, 6.07) is 16.2. The number of halogens is 2. The SMILES string of the molecule is O=c1c2c3n(c(SCc4nc5ccccc5n4C(F)F)nc-2nn1-c1ccccc1)CCCCC3. The highest BCUT2D eigenvalue weighted by molar-refractivity contribution is 7.98. The van der Waals surface area contributed by atoms with Crippen molar-refractivity contribution in [2.24, 2.45) is 0 Å². The Labute approximate surface area is 203 Å². The number of para-hydroxylation sites is 3. The van der Waals surface area contributed by atoms with Gasteiger partial charge in [-0.1, -0.05) is 48.5 Å². The van der Waals surface area contributed by atoms with Crippen LogP contribution in [0.15, 0.2) is 64.5 Å². The van der Waals surface area contributed by atoms with E-state index in [0.717, 1.165) is 42.5 Å². The van der Waals surface area contributed by atoms with Gasteiger partial charge in [0, 0.05) is 12.2 Å². The molecule has 6 rings (SSSR count). The number of benzene rings is 2. The maximum atomic E-state index is 13.9. The molecule has 0 bridgehead atoms. The van der Waals surface area contributed by atoms with Gasteiger partial charge in [0.15, 0.2) is 11.0 Å². The van der Waals surface area contributed by atoms with Crippen LogP contribution in [0.2, 0.25) is 0 Å². The summed E-state index contributed by atoms with van der Waals surface area (Å²) in [6.45, 7) is -1.97. The van der Waals surface area contributed by atoms with Crippen molar-refractivity contribution < 1.29 is 8.78 Å². The summed E-state index contributed by atoms with van der Waals surface area (Å²) in [5, 5.41) is 5.21. The van der Waals surface area contributed by atoms with Crippen molar-refractivity contribution in [1.82, 2.24) is 28.9 Å². The van der Waals surface area contributed by atoms with Gasteiger partial charge in [0.25, 0.3) is 5.56 Å². The summed E-state index contributed by atoms with van der Waals surface area (Å²) >= 11 is 1.35. The number of fused-ring (bicyclic) bond motifs is 4. The zero-order valence-corrected chi connectivity index (χ0v) is 19.6. The normalized spacial score (nSPS) is 14.0. The van der Waals surface area contributed by atoms with Crippen LogP contribution in [0.25, 0.3) is 28.1 Å². The standard InChI is InChI=1S/C25H22F2N6OS/c26-24(27)32-18-12-7-6-11-17(18)28-20(32)15-35-25-29-22-21(19-13-5-2-8-14-31(19)25)23(34)33(30-22)16-9-3-1-4-10-16/h1,3-4,6-7,9-12,24H,2,5,8,13-15H2. The summed E-state index contributed by atoms with van der Waals surface area (Å²) in [5.41, 5.74) is 2.91. The molecule has 3 aromatic rings. The van der Waals surface area contributed by atoms with Crippen molar-refractivity contribution in [3.63, 3.8) is 0 Å². The van der Waals surface area contributed by atoms with Crippen LogP contribution in [0.4, 0.5) is 8.78 Å². The zero-order valence-electron chi connectivity index (χ0n) is 18.8. The average molecular weight is 493 g/mol. The summed E-state index contributed by atoms with van der Waals surface area (Å²) < 4.78 is 32.3. The molecule has 0 atom stereocenters. The van der Waals surface area contributed by atoms with Crippen LogP contribution in [-0.2, 0) is 18.7 Å². The van der Waals surface area contributed by atoms with Crippen LogP contribution in [0, 0.1) is 0 Å². The number of alkyl halides is 2. The van der Waals surface area contributed by atoms with Crippen LogP contribution in [0.5, 0.6) is 0 Å². The smallest absolute Gasteiger partial charge is 0.320 e. The number of rotatable bonds is 5. The fraction of sp³-hybridized carbons (Fsp3) is 0.280. The largest absolute Gasteiger partial charge is 0.324 e. The molecular formula is C25H22F2N6OS. The maximum absolute atomic E-state index is 13.9. The van der Waals surface area contributed by atoms with Gasteiger partial charge in [0.05, 0.1) is 22.5 Å². The molecule has 35 heavy (non-hydrogen) atoms. The molecule has 2 aromatic carbocycles. The van der Waals surface area contributed by atoms with Crippen molar-refractivity contribution in [3.05, 3.63) is 76.5 Å². The number of imidazole rings is 1. The van der Waals surface area contributed by atoms with E-state index in [1.165, 1.54) is 16.4 Å². The molecule has 0 aliphatic carbocycles. The Bertz CT molecular complexity index is 1540. The lowest BCUT2D eigenvalue weighted by Crippen LogP contribution is -2.19. The van der Waals surface area contributed by atoms with Gasteiger partial charge in [0.1, 0.15) is 11.4 Å². The highest BCUT2D eigenvalue weighted by Crippen LogP contribution is 2.33. The van der Waals surface area contributed by atoms with Gasteiger partial charge in [0.2, 0.25) is 0 Å². The van der Waals surface area contributed by atoms with Crippen molar-refractivity contribution in [2.75, 3.05) is 0 Å². The summed E-state index contributed by atoms with van der Waals surface area (Å²) in [5.74, 6) is 0.896. The van der Waals surface area contributed by atoms with E-state index in [-0.39, 0.29) is 17.1 Å². The molecule has 3 aliphatic rings. The van der Waals surface area contributed by atoms with Crippen LogP contribution < -0.4 is 5.56 Å². The van der Waals surface area contributed by atoms with Crippen LogP contribution in [-0.4, -0.2) is 28.9 Å². The number of thioether (sulfide) groups is 1. The molecule has 4 heterocycles. The molecule has 1 aromatic heterocycles. The van der Waals surface area contributed by atoms with Crippen molar-refractivity contribution in [1.29, 1.82) is 0 Å². The molecule has 178 valence electrons. The third-order valence-electron chi connectivity index (χ3n) is 6.36. The Balaban J connectivity index is 1.45. The average Bonchev–Trinajstić information content (AvgIpc) is 3.30. The Morgan fingerprint density at radius 2 is 1.77 bits per heavy atom. The van der Waals surface area contributed by atoms with E-state index in [1.54, 1.807) is 24.3 Å². The maximum Gasteiger partial charge on any atom is 0.320 e. The lowest BCUT2D eigenvalue weighted by Gasteiger charge is -2.17. The fourth-order valence-corrected chi connectivity index (χ4v) is 5.72. The first-order valence-corrected chi connectivity index (χ1v) is 12.5. The third kappa shape index (κ3) is 3.81. The van der Waals surface area contributed by atoms with Gasteiger partial charge in [-0.05, 0) is 43.5 Å². The van der Waals surface area contributed by atoms with E-state index in [1.807, 2.05) is 30.3 Å². The number of hydrogen-bond acceptors (Lipinski definition) is 5. The molecule has 0 unspecified atom stereocenters. The van der Waals surface area contributed by atoms with Crippen LogP contribution in [0.1, 0.15) is 37.3 Å². The lowest BCUT2D eigenvalue weighted by atomic mass is 10.1. The van der Waals surface area contributed by atoms with Crippen molar-refractivity contribution in [3.8, 4) is 17.1 Å². The first-order valence-electron chi connectivity index (χ1n) is 11.6. The quantitative estimate of drug-likeness (QED) is 0.246. The van der Waals surface area contributed by atoms with E-state index in [2.05, 4.69) is 14.6 Å². The molecule has 7 nitrogen and oxygen atoms in total. The summed E-state index contributed by atoms with van der Waals surface area (Å²) in [7, 11) is 0. The lowest BCUT2D eigenvalue weighted by molar-refractivity contribution is 0.0722. The van der Waals surface area contributed by atoms with E-state index >= 15 is 0 Å². The van der Waals surface area contributed by atoms with Gasteiger partial charge >= 0.3 is 6.55 Å². The van der Waals surface area contributed by atoms with E-state index in [0.29, 0.717) is 33.3 Å². The Kier molecular flexibility index (Phi) is 5.60. The second-order valence-electron chi connectivity index (χ2n) is 8.51. The zero-order chi connectivity index (χ0) is 23.9. The van der Waals surface area contributed by atoms with Crippen molar-refractivity contribution in [2.45, 2.75) is 49.7 Å². The minimum absolute atomic E-state index is 0.180. The van der Waals surface area contributed by atoms with Crippen LogP contribution >= 0.6 is 11.8 Å². The molecular weight excluding hydrogens is 470 g/mol. The summed E-state index contributed by atoms with van der Waals surface area (Å²) in [4.78, 5) is 22.6. The first-order chi connectivity index (χ1) is 17.1. The summed E-state index contributed by atoms with van der Waals surface area (Å²) in [6.07, 6.45) is 3.74. The second-order valence-corrected chi connectivity index (χ2v) is 9.45. The molecule has 0 fully saturated rings. The van der Waals surface area contributed by atoms with Crippen molar-refractivity contribution >= 4 is 22.8 Å². The minimum atomic E-state index is -2.69. The van der Waals surface area contributed by atoms with E-state index in [4.69, 9.17) is 4.98 Å². The van der Waals surface area contributed by atoms with E-state index in [9.17, 15) is 13.6 Å². The molecule has 0 saturated carbocycles. The number of hydrogen-bond donors (Lipinski definition) is 0. The molecule has 0 spiro atoms. The van der Waals surface area contributed by atoms with Crippen LogP contribution in [0.3, 0.4) is 0 Å². The van der Waals surface area contributed by atoms with Gasteiger partial charge in [-0.3, -0.25) is 9.36 Å². The predicted molar refractivity (Wildman–Crippen MR) is 130 cm³/mol. The number of nitrogens with zero attached hydrogens (tertiary/aromatic N) is 6. The molecule has 0 amide bonds. The topological polar surface area (TPSA) is 70.5 Å². The van der Waals surface area contributed by atoms with Gasteiger partial charge < -0.3 is 4.57 Å². The molecule has 10 heteroatoms. The van der Waals surface area contributed by atoms with Gasteiger partial charge in [-0.25, -0.2) is 9.97 Å². The fourth-order valence-electron chi connectivity index (χ4n) is 4.75. The highest BCUT2D eigenvalue weighted by atomic mass is 32.2. The monoisotopic (exact) mass is 492 g/mol. The van der Waals surface area contributed by atoms with E-state index < -0.39 is 6.55 Å². The second kappa shape index (κ2) is 8.92. The highest BCUT2D eigenvalue weighted by Gasteiger charge is 2.27. The molecule has 0 radical (unpaired) electrons.